The molecule has 6 heteroatoms. The van der Waals surface area contributed by atoms with Gasteiger partial charge in [-0.1, -0.05) is 18.5 Å². The first-order chi connectivity index (χ1) is 9.56. The van der Waals surface area contributed by atoms with E-state index in [4.69, 9.17) is 11.6 Å². The predicted molar refractivity (Wildman–Crippen MR) is 80.3 cm³/mol. The summed E-state index contributed by atoms with van der Waals surface area (Å²) in [4.78, 5) is 22.7. The number of nitrogens with one attached hydrogen (secondary N) is 1. The Hall–Kier alpha value is -1.36. The zero-order valence-electron chi connectivity index (χ0n) is 12.2. The molecule has 0 unspecified atom stereocenters. The highest BCUT2D eigenvalue weighted by Crippen LogP contribution is 2.39. The van der Waals surface area contributed by atoms with E-state index in [1.807, 2.05) is 11.8 Å². The fraction of sp³-hybridized carbons (Fsp3) is 0.643. The van der Waals surface area contributed by atoms with Crippen molar-refractivity contribution in [3.8, 4) is 0 Å². The van der Waals surface area contributed by atoms with Gasteiger partial charge in [0, 0.05) is 25.1 Å². The van der Waals surface area contributed by atoms with E-state index in [2.05, 4.69) is 22.2 Å². The van der Waals surface area contributed by atoms with Crippen LogP contribution in [0.15, 0.2) is 0 Å². The van der Waals surface area contributed by atoms with Gasteiger partial charge in [-0.05, 0) is 26.2 Å². The normalized spacial score (nSPS) is 14.2. The Kier molecular flexibility index (Phi) is 4.81. The Morgan fingerprint density at radius 1 is 1.45 bits per heavy atom. The van der Waals surface area contributed by atoms with Crippen LogP contribution in [-0.4, -0.2) is 36.0 Å². The van der Waals surface area contributed by atoms with Crippen LogP contribution in [0.2, 0.25) is 5.15 Å². The molecule has 110 valence electrons. The molecular weight excluding hydrogens is 276 g/mol. The minimum atomic E-state index is -0.0273. The highest BCUT2D eigenvalue weighted by Gasteiger charge is 2.29. The fourth-order valence-electron chi connectivity index (χ4n) is 2.11. The second kappa shape index (κ2) is 6.39. The number of anilines is 1. The van der Waals surface area contributed by atoms with Gasteiger partial charge in [-0.25, -0.2) is 9.97 Å². The lowest BCUT2D eigenvalue weighted by molar-refractivity contribution is -0.119. The van der Waals surface area contributed by atoms with Gasteiger partial charge in [0.05, 0.1) is 6.54 Å². The highest BCUT2D eigenvalue weighted by molar-refractivity contribution is 6.30. The van der Waals surface area contributed by atoms with Crippen LogP contribution in [-0.2, 0) is 4.79 Å². The SMILES string of the molecule is CCCN(CC(=O)NC)c1nc(C2CC2)nc(Cl)c1C. The molecule has 20 heavy (non-hydrogen) atoms. The molecule has 1 N–H and O–H groups in total. The van der Waals surface area contributed by atoms with Crippen molar-refractivity contribution in [3.63, 3.8) is 0 Å². The van der Waals surface area contributed by atoms with Crippen molar-refractivity contribution in [3.05, 3.63) is 16.5 Å². The average Bonchev–Trinajstić information content (AvgIpc) is 3.25. The Bertz CT molecular complexity index is 502. The third-order valence-electron chi connectivity index (χ3n) is 3.43. The summed E-state index contributed by atoms with van der Waals surface area (Å²) in [6, 6.07) is 0. The van der Waals surface area contributed by atoms with Gasteiger partial charge >= 0.3 is 0 Å². The molecular formula is C14H21ClN4O. The first-order valence-corrected chi connectivity index (χ1v) is 7.44. The summed E-state index contributed by atoms with van der Waals surface area (Å²) >= 11 is 6.23. The predicted octanol–water partition coefficient (Wildman–Crippen LogP) is 2.28. The van der Waals surface area contributed by atoms with Crippen molar-refractivity contribution in [2.45, 2.75) is 39.0 Å². The number of amides is 1. The second-order valence-corrected chi connectivity index (χ2v) is 5.55. The molecule has 2 rings (SSSR count). The van der Waals surface area contributed by atoms with Crippen molar-refractivity contribution >= 4 is 23.3 Å². The zero-order valence-corrected chi connectivity index (χ0v) is 13.0. The largest absolute Gasteiger partial charge is 0.358 e. The van der Waals surface area contributed by atoms with Crippen LogP contribution in [0.1, 0.15) is 43.5 Å². The number of rotatable bonds is 6. The number of hydrogen-bond donors (Lipinski definition) is 1. The van der Waals surface area contributed by atoms with Gasteiger partial charge in [0.25, 0.3) is 0 Å². The van der Waals surface area contributed by atoms with Crippen LogP contribution in [0, 0.1) is 6.92 Å². The number of carbonyl (C=O) groups excluding carboxylic acids is 1. The summed E-state index contributed by atoms with van der Waals surface area (Å²) in [5, 5.41) is 3.15. The Balaban J connectivity index is 2.32. The van der Waals surface area contributed by atoms with E-state index in [1.54, 1.807) is 7.05 Å². The average molecular weight is 297 g/mol. The summed E-state index contributed by atoms with van der Waals surface area (Å²) in [6.07, 6.45) is 3.20. The van der Waals surface area contributed by atoms with Gasteiger partial charge in [0.2, 0.25) is 5.91 Å². The summed E-state index contributed by atoms with van der Waals surface area (Å²) in [5.74, 6) is 2.02. The summed E-state index contributed by atoms with van der Waals surface area (Å²) in [7, 11) is 1.64. The molecule has 1 aromatic heterocycles. The number of aromatic nitrogens is 2. The quantitative estimate of drug-likeness (QED) is 0.818. The van der Waals surface area contributed by atoms with Gasteiger partial charge in [-0.15, -0.1) is 0 Å². The van der Waals surface area contributed by atoms with Crippen molar-refractivity contribution in [2.24, 2.45) is 0 Å². The molecule has 1 amide bonds. The van der Waals surface area contributed by atoms with E-state index in [1.165, 1.54) is 0 Å². The van der Waals surface area contributed by atoms with Gasteiger partial charge in [-0.2, -0.15) is 0 Å². The molecule has 0 aromatic carbocycles. The Labute approximate surface area is 124 Å². The fourth-order valence-corrected chi connectivity index (χ4v) is 2.28. The van der Waals surface area contributed by atoms with Gasteiger partial charge in [-0.3, -0.25) is 4.79 Å². The summed E-state index contributed by atoms with van der Waals surface area (Å²) in [5.41, 5.74) is 0.841. The molecule has 0 aliphatic heterocycles. The van der Waals surface area contributed by atoms with Crippen LogP contribution in [0.5, 0.6) is 0 Å². The van der Waals surface area contributed by atoms with E-state index < -0.39 is 0 Å². The van der Waals surface area contributed by atoms with E-state index in [9.17, 15) is 4.79 Å². The summed E-state index contributed by atoms with van der Waals surface area (Å²) < 4.78 is 0. The minimum Gasteiger partial charge on any atom is -0.358 e. The molecule has 5 nitrogen and oxygen atoms in total. The number of likely N-dealkylation sites (N-methyl/N-ethyl adjacent to an activating group) is 1. The molecule has 0 spiro atoms. The molecule has 0 bridgehead atoms. The zero-order chi connectivity index (χ0) is 14.7. The van der Waals surface area contributed by atoms with Gasteiger partial charge in [0.15, 0.2) is 0 Å². The van der Waals surface area contributed by atoms with E-state index in [0.29, 0.717) is 17.6 Å². The van der Waals surface area contributed by atoms with Crippen LogP contribution in [0.25, 0.3) is 0 Å². The molecule has 1 saturated carbocycles. The first kappa shape index (κ1) is 15.0. The molecule has 0 saturated heterocycles. The van der Waals surface area contributed by atoms with Crippen LogP contribution >= 0.6 is 11.6 Å². The topological polar surface area (TPSA) is 58.1 Å². The van der Waals surface area contributed by atoms with Crippen molar-refractivity contribution < 1.29 is 4.79 Å². The van der Waals surface area contributed by atoms with Crippen molar-refractivity contribution in [1.82, 2.24) is 15.3 Å². The minimum absolute atomic E-state index is 0.0273. The van der Waals surface area contributed by atoms with E-state index >= 15 is 0 Å². The van der Waals surface area contributed by atoms with Crippen LogP contribution in [0.3, 0.4) is 0 Å². The molecule has 1 heterocycles. The maximum atomic E-state index is 11.7. The van der Waals surface area contributed by atoms with Crippen molar-refractivity contribution in [2.75, 3.05) is 25.0 Å². The maximum absolute atomic E-state index is 11.7. The Morgan fingerprint density at radius 2 is 2.15 bits per heavy atom. The second-order valence-electron chi connectivity index (χ2n) is 5.19. The third-order valence-corrected chi connectivity index (χ3v) is 3.79. The molecule has 1 aliphatic carbocycles. The number of carbonyl (C=O) groups is 1. The number of hydrogen-bond acceptors (Lipinski definition) is 4. The molecule has 1 fully saturated rings. The monoisotopic (exact) mass is 296 g/mol. The highest BCUT2D eigenvalue weighted by atomic mass is 35.5. The van der Waals surface area contributed by atoms with Crippen LogP contribution in [0.4, 0.5) is 5.82 Å². The maximum Gasteiger partial charge on any atom is 0.239 e. The van der Waals surface area contributed by atoms with E-state index in [0.717, 1.165) is 43.0 Å². The summed E-state index contributed by atoms with van der Waals surface area (Å²) in [6.45, 7) is 5.05. The van der Waals surface area contributed by atoms with Gasteiger partial charge < -0.3 is 10.2 Å². The lowest BCUT2D eigenvalue weighted by Crippen LogP contribution is -2.37. The first-order valence-electron chi connectivity index (χ1n) is 7.06. The molecule has 0 radical (unpaired) electrons. The lowest BCUT2D eigenvalue weighted by atomic mass is 10.2. The smallest absolute Gasteiger partial charge is 0.239 e. The molecule has 0 atom stereocenters. The number of halogens is 1. The van der Waals surface area contributed by atoms with Crippen LogP contribution < -0.4 is 10.2 Å². The van der Waals surface area contributed by atoms with Gasteiger partial charge in [0.1, 0.15) is 16.8 Å². The molecule has 1 aromatic rings. The number of nitrogens with zero attached hydrogens (tertiary/aromatic N) is 3. The van der Waals surface area contributed by atoms with E-state index in [-0.39, 0.29) is 5.91 Å². The standard InChI is InChI=1S/C14H21ClN4O/c1-4-7-19(8-11(20)16-3)14-9(2)12(15)17-13(18-14)10-5-6-10/h10H,4-8H2,1-3H3,(H,16,20). The lowest BCUT2D eigenvalue weighted by Gasteiger charge is -2.24. The third kappa shape index (κ3) is 3.39. The Morgan fingerprint density at radius 3 is 2.70 bits per heavy atom. The van der Waals surface area contributed by atoms with Crippen molar-refractivity contribution in [1.29, 1.82) is 0 Å². The molecule has 1 aliphatic rings.